The van der Waals surface area contributed by atoms with Gasteiger partial charge >= 0.3 is 0 Å². The van der Waals surface area contributed by atoms with Gasteiger partial charge in [-0.25, -0.2) is 4.98 Å². The fourth-order valence-electron chi connectivity index (χ4n) is 0.989. The molecule has 0 aromatic carbocycles. The highest BCUT2D eigenvalue weighted by Crippen LogP contribution is 2.10. The quantitative estimate of drug-likeness (QED) is 0.679. The van der Waals surface area contributed by atoms with Gasteiger partial charge in [0.25, 0.3) is 0 Å². The van der Waals surface area contributed by atoms with Crippen molar-refractivity contribution in [2.75, 3.05) is 13.7 Å². The SMILES string of the molecule is COCc1nc(C)c(C(=O)CN)o1. The summed E-state index contributed by atoms with van der Waals surface area (Å²) in [5, 5.41) is 0. The minimum atomic E-state index is -0.243. The van der Waals surface area contributed by atoms with Gasteiger partial charge in [-0.15, -0.1) is 0 Å². The van der Waals surface area contributed by atoms with E-state index in [0.717, 1.165) is 0 Å². The van der Waals surface area contributed by atoms with E-state index in [0.29, 0.717) is 11.6 Å². The van der Waals surface area contributed by atoms with Crippen molar-refractivity contribution < 1.29 is 13.9 Å². The van der Waals surface area contributed by atoms with Crippen molar-refractivity contribution in [3.05, 3.63) is 17.3 Å². The summed E-state index contributed by atoms with van der Waals surface area (Å²) in [6.45, 7) is 1.90. The molecule has 0 radical (unpaired) electrons. The molecule has 0 saturated heterocycles. The van der Waals surface area contributed by atoms with E-state index in [2.05, 4.69) is 4.98 Å². The molecule has 5 heteroatoms. The summed E-state index contributed by atoms with van der Waals surface area (Å²) < 4.78 is 9.95. The van der Waals surface area contributed by atoms with E-state index in [1.807, 2.05) is 0 Å². The molecule has 0 aliphatic heterocycles. The van der Waals surface area contributed by atoms with E-state index in [1.54, 1.807) is 6.92 Å². The third kappa shape index (κ3) is 2.13. The maximum Gasteiger partial charge on any atom is 0.221 e. The highest BCUT2D eigenvalue weighted by atomic mass is 16.5. The summed E-state index contributed by atoms with van der Waals surface area (Å²) in [6, 6.07) is 0. The van der Waals surface area contributed by atoms with Crippen LogP contribution in [0.3, 0.4) is 0 Å². The standard InChI is InChI=1S/C8H12N2O3/c1-5-8(6(11)3-9)13-7(10-5)4-12-2/h3-4,9H2,1-2H3. The zero-order chi connectivity index (χ0) is 9.84. The van der Waals surface area contributed by atoms with Crippen molar-refractivity contribution >= 4 is 5.78 Å². The van der Waals surface area contributed by atoms with Gasteiger partial charge in [0.2, 0.25) is 11.7 Å². The van der Waals surface area contributed by atoms with Crippen LogP contribution in [0.4, 0.5) is 0 Å². The molecule has 72 valence electrons. The second kappa shape index (κ2) is 4.15. The Bertz CT molecular complexity index is 306. The molecule has 0 bridgehead atoms. The van der Waals surface area contributed by atoms with Gasteiger partial charge in [-0.3, -0.25) is 4.79 Å². The molecule has 0 unspecified atom stereocenters. The van der Waals surface area contributed by atoms with Crippen LogP contribution in [-0.2, 0) is 11.3 Å². The first-order valence-corrected chi connectivity index (χ1v) is 3.87. The predicted octanol–water partition coefficient (Wildman–Crippen LogP) is 0.271. The van der Waals surface area contributed by atoms with Gasteiger partial charge < -0.3 is 14.9 Å². The number of hydrogen-bond acceptors (Lipinski definition) is 5. The number of hydrogen-bond donors (Lipinski definition) is 1. The molecule has 1 heterocycles. The molecule has 0 spiro atoms. The molecule has 0 aliphatic rings. The number of oxazole rings is 1. The van der Waals surface area contributed by atoms with Gasteiger partial charge in [-0.05, 0) is 6.92 Å². The number of aryl methyl sites for hydroxylation is 1. The summed E-state index contributed by atoms with van der Waals surface area (Å²) in [5.41, 5.74) is 5.75. The van der Waals surface area contributed by atoms with E-state index in [1.165, 1.54) is 7.11 Å². The largest absolute Gasteiger partial charge is 0.435 e. The number of aromatic nitrogens is 1. The lowest BCUT2D eigenvalue weighted by Crippen LogP contribution is -2.13. The first-order valence-electron chi connectivity index (χ1n) is 3.87. The average Bonchev–Trinajstić information content (AvgIpc) is 2.46. The molecule has 2 N–H and O–H groups in total. The Kier molecular flexibility index (Phi) is 3.16. The van der Waals surface area contributed by atoms with Crippen LogP contribution in [0.15, 0.2) is 4.42 Å². The smallest absolute Gasteiger partial charge is 0.221 e. The Morgan fingerprint density at radius 2 is 2.38 bits per heavy atom. The fourth-order valence-corrected chi connectivity index (χ4v) is 0.989. The van der Waals surface area contributed by atoms with Crippen molar-refractivity contribution in [3.8, 4) is 0 Å². The van der Waals surface area contributed by atoms with Crippen LogP contribution in [0.5, 0.6) is 0 Å². The van der Waals surface area contributed by atoms with Crippen LogP contribution >= 0.6 is 0 Å². The molecule has 5 nitrogen and oxygen atoms in total. The van der Waals surface area contributed by atoms with Crippen molar-refractivity contribution in [1.29, 1.82) is 0 Å². The first-order chi connectivity index (χ1) is 6.19. The lowest BCUT2D eigenvalue weighted by molar-refractivity contribution is 0.0964. The Hall–Kier alpha value is -1.20. The van der Waals surface area contributed by atoms with Gasteiger partial charge in [0.1, 0.15) is 6.61 Å². The van der Waals surface area contributed by atoms with E-state index in [-0.39, 0.29) is 24.7 Å². The first kappa shape index (κ1) is 9.88. The lowest BCUT2D eigenvalue weighted by Gasteiger charge is -1.91. The van der Waals surface area contributed by atoms with Crippen LogP contribution in [0.2, 0.25) is 0 Å². The van der Waals surface area contributed by atoms with Gasteiger partial charge in [0.05, 0.1) is 12.2 Å². The number of carbonyl (C=O) groups is 1. The maximum absolute atomic E-state index is 11.2. The molecule has 0 fully saturated rings. The number of nitrogens with zero attached hydrogens (tertiary/aromatic N) is 1. The van der Waals surface area contributed by atoms with Crippen LogP contribution in [-0.4, -0.2) is 24.4 Å². The van der Waals surface area contributed by atoms with Gasteiger partial charge in [0.15, 0.2) is 5.76 Å². The van der Waals surface area contributed by atoms with Crippen LogP contribution in [0.1, 0.15) is 22.1 Å². The molecule has 13 heavy (non-hydrogen) atoms. The summed E-state index contributed by atoms with van der Waals surface area (Å²) in [5.74, 6) is 0.388. The molecule has 0 aliphatic carbocycles. The van der Waals surface area contributed by atoms with Gasteiger partial charge in [-0.2, -0.15) is 0 Å². The molecule has 0 atom stereocenters. The van der Waals surface area contributed by atoms with Gasteiger partial charge in [-0.1, -0.05) is 0 Å². The minimum Gasteiger partial charge on any atom is -0.435 e. The Morgan fingerprint density at radius 3 is 2.92 bits per heavy atom. The summed E-state index contributed by atoms with van der Waals surface area (Å²) in [6.07, 6.45) is 0. The Labute approximate surface area is 75.9 Å². The number of nitrogens with two attached hydrogens (primary N) is 1. The highest BCUT2D eigenvalue weighted by molar-refractivity contribution is 5.95. The normalized spacial score (nSPS) is 10.4. The molecule has 1 rings (SSSR count). The average molecular weight is 184 g/mol. The number of ether oxygens (including phenoxy) is 1. The summed E-state index contributed by atoms with van der Waals surface area (Å²) in [4.78, 5) is 15.2. The molecule has 0 saturated carbocycles. The third-order valence-corrected chi connectivity index (χ3v) is 1.55. The highest BCUT2D eigenvalue weighted by Gasteiger charge is 2.15. The number of ketones is 1. The maximum atomic E-state index is 11.2. The van der Waals surface area contributed by atoms with Crippen LogP contribution in [0.25, 0.3) is 0 Å². The minimum absolute atomic E-state index is 0.0670. The molecule has 1 aromatic rings. The number of methoxy groups -OCH3 is 1. The van der Waals surface area contributed by atoms with E-state index in [9.17, 15) is 4.79 Å². The number of rotatable bonds is 4. The third-order valence-electron chi connectivity index (χ3n) is 1.55. The molecular formula is C8H12N2O3. The molecular weight excluding hydrogens is 172 g/mol. The second-order valence-electron chi connectivity index (χ2n) is 2.58. The van der Waals surface area contributed by atoms with Crippen LogP contribution in [0, 0.1) is 6.92 Å². The number of Topliss-reactive ketones (excluding diaryl/α,β-unsaturated/α-hetero) is 1. The Morgan fingerprint density at radius 1 is 1.69 bits per heavy atom. The van der Waals surface area contributed by atoms with E-state index < -0.39 is 0 Å². The van der Waals surface area contributed by atoms with Crippen molar-refractivity contribution in [3.63, 3.8) is 0 Å². The predicted molar refractivity (Wildman–Crippen MR) is 45.3 cm³/mol. The lowest BCUT2D eigenvalue weighted by atomic mass is 10.2. The fraction of sp³-hybridized carbons (Fsp3) is 0.500. The van der Waals surface area contributed by atoms with Gasteiger partial charge in [0, 0.05) is 7.11 Å². The Balaban J connectivity index is 2.89. The summed E-state index contributed by atoms with van der Waals surface area (Å²) >= 11 is 0. The second-order valence-corrected chi connectivity index (χ2v) is 2.58. The van der Waals surface area contributed by atoms with Crippen molar-refractivity contribution in [2.45, 2.75) is 13.5 Å². The van der Waals surface area contributed by atoms with Crippen molar-refractivity contribution in [2.24, 2.45) is 5.73 Å². The molecule has 1 aromatic heterocycles. The zero-order valence-electron chi connectivity index (χ0n) is 7.66. The van der Waals surface area contributed by atoms with E-state index >= 15 is 0 Å². The van der Waals surface area contributed by atoms with Crippen molar-refractivity contribution in [1.82, 2.24) is 4.98 Å². The number of carbonyl (C=O) groups excluding carboxylic acids is 1. The topological polar surface area (TPSA) is 78.3 Å². The van der Waals surface area contributed by atoms with Crippen LogP contribution < -0.4 is 5.73 Å². The molecule has 0 amide bonds. The summed E-state index contributed by atoms with van der Waals surface area (Å²) in [7, 11) is 1.53. The zero-order valence-corrected chi connectivity index (χ0v) is 7.66. The van der Waals surface area contributed by atoms with E-state index in [4.69, 9.17) is 14.9 Å². The monoisotopic (exact) mass is 184 g/mol.